The number of carbonyl (C=O) groups is 3. The van der Waals surface area contributed by atoms with Gasteiger partial charge in [0.1, 0.15) is 12.0 Å². The average molecular weight is 336 g/mol. The maximum absolute atomic E-state index is 12.0. The predicted molar refractivity (Wildman–Crippen MR) is 84.4 cm³/mol. The number of hydrogen-bond donors (Lipinski definition) is 2. The van der Waals surface area contributed by atoms with E-state index in [1.807, 2.05) is 0 Å². The molecule has 1 unspecified atom stereocenters. The van der Waals surface area contributed by atoms with Gasteiger partial charge in [0, 0.05) is 12.7 Å². The van der Waals surface area contributed by atoms with Crippen LogP contribution in [-0.4, -0.2) is 48.4 Å². The molecular formula is C17H20O7. The molecule has 0 bridgehead atoms. The van der Waals surface area contributed by atoms with E-state index in [9.17, 15) is 24.6 Å². The summed E-state index contributed by atoms with van der Waals surface area (Å²) in [7, 11) is 1.43. The monoisotopic (exact) mass is 336 g/mol. The van der Waals surface area contributed by atoms with Crippen LogP contribution in [0.1, 0.15) is 12.0 Å². The van der Waals surface area contributed by atoms with Crippen molar-refractivity contribution in [3.05, 3.63) is 48.0 Å². The molecule has 1 aromatic rings. The first-order valence-corrected chi connectivity index (χ1v) is 7.18. The average Bonchev–Trinajstić information content (AvgIpc) is 2.54. The Morgan fingerprint density at radius 3 is 2.25 bits per heavy atom. The minimum Gasteiger partial charge on any atom is -0.481 e. The molecule has 0 fully saturated rings. The zero-order chi connectivity index (χ0) is 18.2. The van der Waals surface area contributed by atoms with E-state index in [0.717, 1.165) is 0 Å². The fourth-order valence-electron chi connectivity index (χ4n) is 2.24. The first-order chi connectivity index (χ1) is 11.3. The van der Waals surface area contributed by atoms with Crippen LogP contribution in [0.25, 0.3) is 0 Å². The number of carboxylic acids is 2. The molecule has 24 heavy (non-hydrogen) atoms. The van der Waals surface area contributed by atoms with Crippen LogP contribution in [0.4, 0.5) is 0 Å². The van der Waals surface area contributed by atoms with E-state index in [2.05, 4.69) is 6.58 Å². The third kappa shape index (κ3) is 4.92. The summed E-state index contributed by atoms with van der Waals surface area (Å²) in [5.74, 6) is -3.74. The number of hydrogen-bond acceptors (Lipinski definition) is 5. The molecule has 1 rings (SSSR count). The molecule has 1 atom stereocenters. The molecule has 130 valence electrons. The van der Waals surface area contributed by atoms with Gasteiger partial charge in [-0.25, -0.2) is 4.79 Å². The van der Waals surface area contributed by atoms with Gasteiger partial charge < -0.3 is 19.7 Å². The van der Waals surface area contributed by atoms with Crippen molar-refractivity contribution in [2.45, 2.75) is 12.8 Å². The number of rotatable bonds is 10. The van der Waals surface area contributed by atoms with Gasteiger partial charge in [-0.05, 0) is 12.0 Å². The molecule has 0 amide bonds. The third-order valence-corrected chi connectivity index (χ3v) is 3.59. The lowest BCUT2D eigenvalue weighted by Gasteiger charge is -2.28. The largest absolute Gasteiger partial charge is 0.481 e. The molecule has 0 aliphatic carbocycles. The summed E-state index contributed by atoms with van der Waals surface area (Å²) >= 11 is 0. The summed E-state index contributed by atoms with van der Waals surface area (Å²) < 4.78 is 9.64. The molecule has 0 aliphatic rings. The van der Waals surface area contributed by atoms with Gasteiger partial charge >= 0.3 is 17.9 Å². The van der Waals surface area contributed by atoms with Crippen molar-refractivity contribution in [1.82, 2.24) is 0 Å². The number of esters is 1. The number of carbonyl (C=O) groups excluding carboxylic acids is 1. The summed E-state index contributed by atoms with van der Waals surface area (Å²) in [4.78, 5) is 35.2. The van der Waals surface area contributed by atoms with E-state index in [0.29, 0.717) is 5.56 Å². The second-order valence-electron chi connectivity index (χ2n) is 5.22. The van der Waals surface area contributed by atoms with Crippen LogP contribution in [0.5, 0.6) is 0 Å². The normalized spacial score (nSPS) is 12.9. The quantitative estimate of drug-likeness (QED) is 0.378. The molecule has 1 aromatic carbocycles. The molecule has 0 radical (unpaired) electrons. The van der Waals surface area contributed by atoms with E-state index in [4.69, 9.17) is 9.47 Å². The topological polar surface area (TPSA) is 110 Å². The fraction of sp³-hybridized carbons (Fsp3) is 0.353. The molecular weight excluding hydrogens is 316 g/mol. The SMILES string of the molecule is C=C(C(=O)O)C(CC(=O)OCCOC)(Cc1ccccc1)C(=O)O. The highest BCUT2D eigenvalue weighted by molar-refractivity contribution is 5.98. The summed E-state index contributed by atoms with van der Waals surface area (Å²) in [5.41, 5.74) is -1.98. The minimum absolute atomic E-state index is 0.0457. The highest BCUT2D eigenvalue weighted by Crippen LogP contribution is 2.36. The van der Waals surface area contributed by atoms with Gasteiger partial charge in [0.15, 0.2) is 0 Å². The Morgan fingerprint density at radius 1 is 1.12 bits per heavy atom. The molecule has 0 saturated carbocycles. The van der Waals surface area contributed by atoms with Crippen molar-refractivity contribution in [3.63, 3.8) is 0 Å². The Kier molecular flexibility index (Phi) is 7.13. The van der Waals surface area contributed by atoms with E-state index in [1.165, 1.54) is 7.11 Å². The Morgan fingerprint density at radius 2 is 1.75 bits per heavy atom. The van der Waals surface area contributed by atoms with E-state index in [1.54, 1.807) is 30.3 Å². The summed E-state index contributed by atoms with van der Waals surface area (Å²) in [6.07, 6.45) is -0.820. The van der Waals surface area contributed by atoms with Gasteiger partial charge in [-0.2, -0.15) is 0 Å². The maximum Gasteiger partial charge on any atom is 0.332 e. The summed E-state index contributed by atoms with van der Waals surface area (Å²) in [6, 6.07) is 8.45. The number of carboxylic acid groups (broad SMARTS) is 2. The van der Waals surface area contributed by atoms with Gasteiger partial charge in [0.2, 0.25) is 0 Å². The molecule has 2 N–H and O–H groups in total. The third-order valence-electron chi connectivity index (χ3n) is 3.59. The van der Waals surface area contributed by atoms with Crippen molar-refractivity contribution >= 4 is 17.9 Å². The van der Waals surface area contributed by atoms with Crippen LogP contribution in [0.2, 0.25) is 0 Å². The molecule has 0 saturated heterocycles. The van der Waals surface area contributed by atoms with Crippen LogP contribution in [-0.2, 0) is 30.3 Å². The lowest BCUT2D eigenvalue weighted by atomic mass is 9.73. The molecule has 0 aromatic heterocycles. The van der Waals surface area contributed by atoms with Crippen molar-refractivity contribution in [3.8, 4) is 0 Å². The first kappa shape index (κ1) is 19.4. The Labute approximate surface area is 139 Å². The van der Waals surface area contributed by atoms with Gasteiger partial charge in [0.05, 0.1) is 13.0 Å². The highest BCUT2D eigenvalue weighted by Gasteiger charge is 2.46. The van der Waals surface area contributed by atoms with Gasteiger partial charge in [-0.3, -0.25) is 9.59 Å². The Balaban J connectivity index is 3.12. The van der Waals surface area contributed by atoms with Gasteiger partial charge in [0.25, 0.3) is 0 Å². The Bertz CT molecular complexity index is 609. The van der Waals surface area contributed by atoms with Crippen molar-refractivity contribution in [2.75, 3.05) is 20.3 Å². The molecule has 7 heteroatoms. The van der Waals surface area contributed by atoms with Gasteiger partial charge in [-0.1, -0.05) is 36.9 Å². The van der Waals surface area contributed by atoms with E-state index in [-0.39, 0.29) is 19.6 Å². The summed E-state index contributed by atoms with van der Waals surface area (Å²) in [5, 5.41) is 18.9. The predicted octanol–water partition coefficient (Wildman–Crippen LogP) is 1.52. The van der Waals surface area contributed by atoms with Crippen molar-refractivity contribution in [2.24, 2.45) is 5.41 Å². The van der Waals surface area contributed by atoms with E-state index >= 15 is 0 Å². The Hall–Kier alpha value is -2.67. The lowest BCUT2D eigenvalue weighted by molar-refractivity contribution is -0.158. The zero-order valence-corrected chi connectivity index (χ0v) is 13.4. The maximum atomic E-state index is 12.0. The molecule has 7 nitrogen and oxygen atoms in total. The van der Waals surface area contributed by atoms with Gasteiger partial charge in [-0.15, -0.1) is 0 Å². The van der Waals surface area contributed by atoms with Crippen molar-refractivity contribution in [1.29, 1.82) is 0 Å². The first-order valence-electron chi connectivity index (χ1n) is 7.18. The summed E-state index contributed by atoms with van der Waals surface area (Å²) in [6.45, 7) is 3.49. The van der Waals surface area contributed by atoms with E-state index < -0.39 is 35.3 Å². The smallest absolute Gasteiger partial charge is 0.332 e. The number of benzene rings is 1. The number of ether oxygens (including phenoxy) is 2. The molecule has 0 heterocycles. The van der Waals surface area contributed by atoms with Crippen LogP contribution in [0.3, 0.4) is 0 Å². The molecule has 0 aliphatic heterocycles. The van der Waals surface area contributed by atoms with Crippen LogP contribution in [0, 0.1) is 5.41 Å². The standard InChI is InChI=1S/C17H20O7/c1-12(15(19)20)17(16(21)22,10-13-6-4-3-5-7-13)11-14(18)24-9-8-23-2/h3-7H,1,8-11H2,2H3,(H,19,20)(H,21,22). The molecule has 0 spiro atoms. The fourth-order valence-corrected chi connectivity index (χ4v) is 2.24. The highest BCUT2D eigenvalue weighted by atomic mass is 16.6. The van der Waals surface area contributed by atoms with Crippen molar-refractivity contribution < 1.29 is 34.1 Å². The lowest BCUT2D eigenvalue weighted by Crippen LogP contribution is -2.40. The van der Waals surface area contributed by atoms with Crippen LogP contribution in [0.15, 0.2) is 42.5 Å². The van der Waals surface area contributed by atoms with Crippen LogP contribution < -0.4 is 0 Å². The zero-order valence-electron chi connectivity index (χ0n) is 13.4. The second kappa shape index (κ2) is 8.83. The van der Waals surface area contributed by atoms with Crippen LogP contribution >= 0.6 is 0 Å². The number of methoxy groups -OCH3 is 1. The number of aliphatic carboxylic acids is 2. The minimum atomic E-state index is -1.99. The second-order valence-corrected chi connectivity index (χ2v) is 5.22.